The maximum atomic E-state index is 13.5. The Kier molecular flexibility index (Phi) is 6.45. The minimum absolute atomic E-state index is 0.177. The van der Waals surface area contributed by atoms with Crippen LogP contribution in [0.5, 0.6) is 0 Å². The van der Waals surface area contributed by atoms with Crippen LogP contribution < -0.4 is 0 Å². The predicted octanol–water partition coefficient (Wildman–Crippen LogP) is 4.56. The highest BCUT2D eigenvalue weighted by Gasteiger charge is 2.31. The molecule has 1 aliphatic rings. The number of nitrogens with zero attached hydrogens (tertiary/aromatic N) is 8. The Bertz CT molecular complexity index is 1520. The fourth-order valence-electron chi connectivity index (χ4n) is 4.93. The normalized spacial score (nSPS) is 17.0. The average molecular weight is 515 g/mol. The van der Waals surface area contributed by atoms with E-state index in [1.807, 2.05) is 42.6 Å². The monoisotopic (exact) mass is 514 g/mol. The summed E-state index contributed by atoms with van der Waals surface area (Å²) in [5, 5.41) is 15.3. The lowest BCUT2D eigenvalue weighted by molar-refractivity contribution is 0.115. The van der Waals surface area contributed by atoms with Crippen molar-refractivity contribution in [2.24, 2.45) is 7.05 Å². The maximum absolute atomic E-state index is 13.5. The zero-order valence-electron chi connectivity index (χ0n) is 20.7. The van der Waals surface area contributed by atoms with Crippen LogP contribution in [0.15, 0.2) is 78.3 Å². The summed E-state index contributed by atoms with van der Waals surface area (Å²) >= 11 is 1.66. The molecule has 1 saturated heterocycles. The fraction of sp³-hybridized carbons (Fsp3) is 0.259. The van der Waals surface area contributed by atoms with Crippen molar-refractivity contribution in [2.45, 2.75) is 24.5 Å². The number of hydrogen-bond acceptors (Lipinski definition) is 7. The summed E-state index contributed by atoms with van der Waals surface area (Å²) in [5.74, 6) is -0.256. The molecule has 0 saturated carbocycles. The van der Waals surface area contributed by atoms with Gasteiger partial charge in [0.05, 0.1) is 23.6 Å². The molecule has 37 heavy (non-hydrogen) atoms. The average Bonchev–Trinajstić information content (AvgIpc) is 3.51. The number of aromatic nitrogens is 6. The van der Waals surface area contributed by atoms with Crippen molar-refractivity contribution in [3.05, 3.63) is 95.8 Å². The lowest BCUT2D eigenvalue weighted by atomic mass is 9.96. The van der Waals surface area contributed by atoms with Gasteiger partial charge in [-0.05, 0) is 78.0 Å². The zero-order chi connectivity index (χ0) is 25.4. The lowest BCUT2D eigenvalue weighted by Gasteiger charge is -2.41. The van der Waals surface area contributed by atoms with Crippen molar-refractivity contribution in [1.82, 2.24) is 39.0 Å². The van der Waals surface area contributed by atoms with E-state index in [1.165, 1.54) is 28.8 Å². The van der Waals surface area contributed by atoms with Gasteiger partial charge in [-0.3, -0.25) is 9.88 Å². The number of halogens is 1. The van der Waals surface area contributed by atoms with E-state index < -0.39 is 0 Å². The number of rotatable bonds is 6. The highest BCUT2D eigenvalue weighted by molar-refractivity contribution is 7.97. The number of hydrogen-bond donors (Lipinski definition) is 0. The van der Waals surface area contributed by atoms with Gasteiger partial charge in [-0.2, -0.15) is 15.0 Å². The molecule has 1 aliphatic heterocycles. The Hall–Kier alpha value is -3.60. The Labute approximate surface area is 218 Å². The zero-order valence-corrected chi connectivity index (χ0v) is 21.5. The van der Waals surface area contributed by atoms with Gasteiger partial charge >= 0.3 is 0 Å². The van der Waals surface area contributed by atoms with Gasteiger partial charge in [0.1, 0.15) is 5.82 Å². The molecule has 1 unspecified atom stereocenters. The molecule has 0 radical (unpaired) electrons. The number of aryl methyl sites for hydroxylation is 2. The van der Waals surface area contributed by atoms with E-state index >= 15 is 0 Å². The molecule has 6 rings (SSSR count). The maximum Gasteiger partial charge on any atom is 0.153 e. The highest BCUT2D eigenvalue weighted by atomic mass is 32.2. The third kappa shape index (κ3) is 5.00. The van der Waals surface area contributed by atoms with Crippen molar-refractivity contribution in [3.8, 4) is 5.69 Å². The van der Waals surface area contributed by atoms with Crippen LogP contribution in [0.2, 0.25) is 0 Å². The molecule has 0 bridgehead atoms. The molecule has 0 N–H and O–H groups in total. The first kappa shape index (κ1) is 23.8. The highest BCUT2D eigenvalue weighted by Crippen LogP contribution is 2.35. The SMILES string of the molecule is Cc1cc2c(cnn2-c2ccc(F)cc2)cc1C1CN(Sc2cnn(C)n2)CCN1Cc1cccnc1. The minimum Gasteiger partial charge on any atom is -0.289 e. The van der Waals surface area contributed by atoms with Crippen molar-refractivity contribution < 1.29 is 4.39 Å². The van der Waals surface area contributed by atoms with Crippen LogP contribution in [-0.4, -0.2) is 58.6 Å². The summed E-state index contributed by atoms with van der Waals surface area (Å²) in [6.45, 7) is 5.67. The second-order valence-electron chi connectivity index (χ2n) is 9.30. The van der Waals surface area contributed by atoms with E-state index in [1.54, 1.807) is 28.9 Å². The number of piperazine rings is 1. The molecule has 4 heterocycles. The van der Waals surface area contributed by atoms with E-state index in [9.17, 15) is 4.39 Å². The van der Waals surface area contributed by atoms with E-state index in [-0.39, 0.29) is 11.9 Å². The van der Waals surface area contributed by atoms with Gasteiger partial charge in [-0.25, -0.2) is 13.4 Å². The summed E-state index contributed by atoms with van der Waals surface area (Å²) in [7, 11) is 1.84. The number of pyridine rings is 1. The minimum atomic E-state index is -0.256. The van der Waals surface area contributed by atoms with Crippen molar-refractivity contribution in [1.29, 1.82) is 0 Å². The summed E-state index contributed by atoms with van der Waals surface area (Å²) < 4.78 is 17.7. The summed E-state index contributed by atoms with van der Waals surface area (Å²) in [4.78, 5) is 8.45. The van der Waals surface area contributed by atoms with Gasteiger partial charge in [0.25, 0.3) is 0 Å². The summed E-state index contributed by atoms with van der Waals surface area (Å²) in [5.41, 5.74) is 5.52. The first-order valence-electron chi connectivity index (χ1n) is 12.2. The molecule has 0 spiro atoms. The van der Waals surface area contributed by atoms with Gasteiger partial charge < -0.3 is 0 Å². The molecule has 1 fully saturated rings. The summed E-state index contributed by atoms with van der Waals surface area (Å²) in [6, 6.07) is 15.2. The van der Waals surface area contributed by atoms with E-state index in [4.69, 9.17) is 0 Å². The fourth-order valence-corrected chi connectivity index (χ4v) is 5.84. The van der Waals surface area contributed by atoms with E-state index in [0.717, 1.165) is 47.8 Å². The van der Waals surface area contributed by atoms with Gasteiger partial charge in [-0.15, -0.1) is 5.10 Å². The van der Waals surface area contributed by atoms with E-state index in [0.29, 0.717) is 0 Å². The van der Waals surface area contributed by atoms with Crippen LogP contribution in [0.25, 0.3) is 16.6 Å². The van der Waals surface area contributed by atoms with Gasteiger partial charge in [0, 0.05) is 57.0 Å². The predicted molar refractivity (Wildman–Crippen MR) is 142 cm³/mol. The molecule has 10 heteroatoms. The first-order valence-corrected chi connectivity index (χ1v) is 13.0. The molecule has 0 amide bonds. The molecule has 2 aromatic carbocycles. The smallest absolute Gasteiger partial charge is 0.153 e. The molecule has 5 aromatic rings. The van der Waals surface area contributed by atoms with Crippen LogP contribution in [0, 0.1) is 12.7 Å². The molecule has 8 nitrogen and oxygen atoms in total. The van der Waals surface area contributed by atoms with Crippen LogP contribution in [0.3, 0.4) is 0 Å². The third-order valence-electron chi connectivity index (χ3n) is 6.75. The summed E-state index contributed by atoms with van der Waals surface area (Å²) in [6.07, 6.45) is 7.46. The Morgan fingerprint density at radius 1 is 1.03 bits per heavy atom. The van der Waals surface area contributed by atoms with Crippen LogP contribution >= 0.6 is 11.9 Å². The van der Waals surface area contributed by atoms with Crippen molar-refractivity contribution in [3.63, 3.8) is 0 Å². The molecule has 3 aromatic heterocycles. The van der Waals surface area contributed by atoms with E-state index in [2.05, 4.69) is 54.6 Å². The van der Waals surface area contributed by atoms with Crippen LogP contribution in [-0.2, 0) is 13.6 Å². The molecule has 1 atom stereocenters. The van der Waals surface area contributed by atoms with Gasteiger partial charge in [-0.1, -0.05) is 6.07 Å². The molecular weight excluding hydrogens is 487 g/mol. The topological polar surface area (TPSA) is 67.9 Å². The first-order chi connectivity index (χ1) is 18.0. The lowest BCUT2D eigenvalue weighted by Crippen LogP contribution is -2.45. The Balaban J connectivity index is 1.34. The van der Waals surface area contributed by atoms with Gasteiger partial charge in [0.2, 0.25) is 0 Å². The van der Waals surface area contributed by atoms with Crippen LogP contribution in [0.4, 0.5) is 4.39 Å². The van der Waals surface area contributed by atoms with Gasteiger partial charge in [0.15, 0.2) is 5.03 Å². The molecule has 0 aliphatic carbocycles. The largest absolute Gasteiger partial charge is 0.289 e. The molecular formula is C27H27FN8S. The Morgan fingerprint density at radius 3 is 2.65 bits per heavy atom. The number of fused-ring (bicyclic) bond motifs is 1. The van der Waals surface area contributed by atoms with Crippen LogP contribution in [0.1, 0.15) is 22.7 Å². The second kappa shape index (κ2) is 10.0. The second-order valence-corrected chi connectivity index (χ2v) is 10.4. The Morgan fingerprint density at radius 2 is 1.89 bits per heavy atom. The standard InChI is InChI=1S/C27H27FN8S/c1-19-12-25-21(15-31-36(25)23-7-5-22(28)6-8-23)13-24(19)26-18-35(37-27-16-30-33(2)32-27)11-10-34(26)17-20-4-3-9-29-14-20/h3-9,12-16,26H,10-11,17-18H2,1-2H3. The quantitative estimate of drug-likeness (QED) is 0.308. The van der Waals surface area contributed by atoms with Crippen molar-refractivity contribution >= 4 is 22.9 Å². The number of benzene rings is 2. The molecule has 188 valence electrons. The third-order valence-corrected chi connectivity index (χ3v) is 7.71. The van der Waals surface area contributed by atoms with Crippen molar-refractivity contribution in [2.75, 3.05) is 19.6 Å².